The number of nitrogens with zero attached hydrogens (tertiary/aromatic N) is 2. The summed E-state index contributed by atoms with van der Waals surface area (Å²) in [6.45, 7) is 0. The van der Waals surface area contributed by atoms with Crippen molar-refractivity contribution in [3.63, 3.8) is 0 Å². The Morgan fingerprint density at radius 3 is 3.00 bits per heavy atom. The summed E-state index contributed by atoms with van der Waals surface area (Å²) in [4.78, 5) is 12.3. The number of hydrogen-bond acceptors (Lipinski definition) is 3. The lowest BCUT2D eigenvalue weighted by Crippen LogP contribution is -1.99. The van der Waals surface area contributed by atoms with Crippen LogP contribution in [0.15, 0.2) is 24.3 Å². The first-order valence-corrected chi connectivity index (χ1v) is 4.21. The number of carbonyl (C=O) groups excluding carboxylic acids is 1. The van der Waals surface area contributed by atoms with Crippen LogP contribution in [-0.2, 0) is 0 Å². The van der Waals surface area contributed by atoms with Gasteiger partial charge >= 0.3 is 0 Å². The van der Waals surface area contributed by atoms with E-state index in [1.165, 1.54) is 6.08 Å². The van der Waals surface area contributed by atoms with Gasteiger partial charge in [-0.1, -0.05) is 12.1 Å². The zero-order chi connectivity index (χ0) is 9.71. The van der Waals surface area contributed by atoms with Crippen molar-refractivity contribution in [3.8, 4) is 0 Å². The fourth-order valence-electron chi connectivity index (χ4n) is 1.75. The van der Waals surface area contributed by atoms with Crippen molar-refractivity contribution in [1.29, 1.82) is 0 Å². The summed E-state index contributed by atoms with van der Waals surface area (Å²) in [6.07, 6.45) is 3.08. The summed E-state index contributed by atoms with van der Waals surface area (Å²) in [5, 5.41) is 14.0. The molecule has 0 fully saturated rings. The monoisotopic (exact) mass is 186 g/mol. The molecule has 0 unspecified atom stereocenters. The van der Waals surface area contributed by atoms with E-state index in [4.69, 9.17) is 0 Å². The zero-order valence-corrected chi connectivity index (χ0v) is 7.14. The molecule has 0 saturated carbocycles. The highest BCUT2D eigenvalue weighted by molar-refractivity contribution is 6.19. The lowest BCUT2D eigenvalue weighted by Gasteiger charge is -2.02. The number of hydrogen-bond donors (Lipinski definition) is 1. The Labute approximate surface area is 79.0 Å². The average Bonchev–Trinajstić information content (AvgIpc) is 2.52. The molecule has 0 saturated heterocycles. The number of rotatable bonds is 0. The summed E-state index contributed by atoms with van der Waals surface area (Å²) in [6, 6.07) is 5.19. The normalized spacial score (nSPS) is 13.9. The molecule has 3 rings (SSSR count). The van der Waals surface area contributed by atoms with E-state index in [0.29, 0.717) is 16.8 Å². The Kier molecular flexibility index (Phi) is 1.16. The molecule has 1 aliphatic carbocycles. The van der Waals surface area contributed by atoms with Crippen molar-refractivity contribution in [1.82, 2.24) is 9.94 Å². The van der Waals surface area contributed by atoms with E-state index >= 15 is 0 Å². The topological polar surface area (TPSA) is 55.1 Å². The minimum absolute atomic E-state index is 0.0453. The summed E-state index contributed by atoms with van der Waals surface area (Å²) < 4.78 is 0. The van der Waals surface area contributed by atoms with Gasteiger partial charge in [0.2, 0.25) is 0 Å². The maximum Gasteiger partial charge on any atom is 0.186 e. The molecule has 68 valence electrons. The molecule has 4 heteroatoms. The zero-order valence-electron chi connectivity index (χ0n) is 7.14. The third kappa shape index (κ3) is 0.724. The van der Waals surface area contributed by atoms with Crippen molar-refractivity contribution < 1.29 is 10.0 Å². The van der Waals surface area contributed by atoms with E-state index in [1.807, 2.05) is 0 Å². The van der Waals surface area contributed by atoms with Gasteiger partial charge in [-0.15, -0.1) is 9.94 Å². The molecule has 4 nitrogen and oxygen atoms in total. The highest BCUT2D eigenvalue weighted by Gasteiger charge is 2.18. The van der Waals surface area contributed by atoms with E-state index in [-0.39, 0.29) is 5.78 Å². The standard InChI is InChI=1S/C10H6N2O2/c13-9-5-4-7-10-6(9)2-1-3-8(10)12(14)11-7/h1-5,14H. The van der Waals surface area contributed by atoms with Gasteiger partial charge < -0.3 is 5.21 Å². The molecule has 0 bridgehead atoms. The predicted octanol–water partition coefficient (Wildman–Crippen LogP) is 1.48. The van der Waals surface area contributed by atoms with Crippen molar-refractivity contribution in [2.75, 3.05) is 0 Å². The maximum atomic E-state index is 11.5. The van der Waals surface area contributed by atoms with Gasteiger partial charge in [-0.25, -0.2) is 0 Å². The van der Waals surface area contributed by atoms with E-state index in [9.17, 15) is 10.0 Å². The second kappa shape index (κ2) is 2.23. The third-order valence-corrected chi connectivity index (χ3v) is 2.37. The second-order valence-electron chi connectivity index (χ2n) is 3.17. The van der Waals surface area contributed by atoms with Crippen molar-refractivity contribution in [3.05, 3.63) is 35.5 Å². The van der Waals surface area contributed by atoms with Crippen LogP contribution in [0.3, 0.4) is 0 Å². The quantitative estimate of drug-likeness (QED) is 0.634. The molecule has 0 amide bonds. The van der Waals surface area contributed by atoms with Crippen LogP contribution < -0.4 is 0 Å². The minimum Gasteiger partial charge on any atom is -0.411 e. The van der Waals surface area contributed by atoms with Crippen LogP contribution in [-0.4, -0.2) is 20.9 Å². The van der Waals surface area contributed by atoms with E-state index in [1.54, 1.807) is 24.3 Å². The lowest BCUT2D eigenvalue weighted by atomic mass is 9.99. The fourth-order valence-corrected chi connectivity index (χ4v) is 1.75. The van der Waals surface area contributed by atoms with Gasteiger partial charge in [0.15, 0.2) is 5.78 Å². The number of aromatic nitrogens is 2. The Morgan fingerprint density at radius 1 is 1.29 bits per heavy atom. The minimum atomic E-state index is -0.0453. The van der Waals surface area contributed by atoms with Crippen LogP contribution in [0.5, 0.6) is 0 Å². The van der Waals surface area contributed by atoms with E-state index in [0.717, 1.165) is 10.2 Å². The summed E-state index contributed by atoms with van der Waals surface area (Å²) >= 11 is 0. The van der Waals surface area contributed by atoms with Crippen LogP contribution >= 0.6 is 0 Å². The first kappa shape index (κ1) is 7.32. The van der Waals surface area contributed by atoms with Gasteiger partial charge in [0.25, 0.3) is 0 Å². The smallest absolute Gasteiger partial charge is 0.186 e. The summed E-state index contributed by atoms with van der Waals surface area (Å²) in [7, 11) is 0. The highest BCUT2D eigenvalue weighted by atomic mass is 16.5. The molecule has 0 aliphatic heterocycles. The van der Waals surface area contributed by atoms with Gasteiger partial charge in [-0.05, 0) is 18.2 Å². The molecule has 1 aromatic carbocycles. The molecule has 1 aromatic heterocycles. The fraction of sp³-hybridized carbons (Fsp3) is 0. The first-order chi connectivity index (χ1) is 6.77. The summed E-state index contributed by atoms with van der Waals surface area (Å²) in [5.74, 6) is -0.0453. The Bertz CT molecular complexity index is 581. The highest BCUT2D eigenvalue weighted by Crippen LogP contribution is 2.27. The second-order valence-corrected chi connectivity index (χ2v) is 3.17. The molecule has 2 aromatic rings. The van der Waals surface area contributed by atoms with Crippen LogP contribution in [0, 0.1) is 0 Å². The van der Waals surface area contributed by atoms with E-state index < -0.39 is 0 Å². The Balaban J connectivity index is 2.59. The first-order valence-electron chi connectivity index (χ1n) is 4.21. The summed E-state index contributed by atoms with van der Waals surface area (Å²) in [5.41, 5.74) is 1.80. The number of carbonyl (C=O) groups is 1. The number of allylic oxidation sites excluding steroid dienone is 1. The molecule has 0 radical (unpaired) electrons. The molecule has 0 atom stereocenters. The molecule has 1 heterocycles. The lowest BCUT2D eigenvalue weighted by molar-refractivity contribution is 0.104. The van der Waals surface area contributed by atoms with Crippen LogP contribution in [0.4, 0.5) is 0 Å². The Hall–Kier alpha value is -2.10. The SMILES string of the molecule is O=C1C=Cc2nn(O)c3cccc1c23. The van der Waals surface area contributed by atoms with Crippen LogP contribution in [0.25, 0.3) is 17.0 Å². The number of ketones is 1. The van der Waals surface area contributed by atoms with Gasteiger partial charge in [0, 0.05) is 10.9 Å². The van der Waals surface area contributed by atoms with Crippen molar-refractivity contribution in [2.24, 2.45) is 0 Å². The largest absolute Gasteiger partial charge is 0.411 e. The molecule has 1 aliphatic rings. The number of benzene rings is 1. The Morgan fingerprint density at radius 2 is 2.14 bits per heavy atom. The molecule has 0 spiro atoms. The van der Waals surface area contributed by atoms with Gasteiger partial charge in [0.05, 0.1) is 5.69 Å². The molecular formula is C10H6N2O2. The van der Waals surface area contributed by atoms with Gasteiger partial charge in [-0.3, -0.25) is 4.79 Å². The van der Waals surface area contributed by atoms with E-state index in [2.05, 4.69) is 5.10 Å². The molecular weight excluding hydrogens is 180 g/mol. The predicted molar refractivity (Wildman–Crippen MR) is 50.3 cm³/mol. The van der Waals surface area contributed by atoms with Crippen LogP contribution in [0.2, 0.25) is 0 Å². The average molecular weight is 186 g/mol. The van der Waals surface area contributed by atoms with Crippen LogP contribution in [0.1, 0.15) is 16.1 Å². The third-order valence-electron chi connectivity index (χ3n) is 2.37. The van der Waals surface area contributed by atoms with Crippen molar-refractivity contribution in [2.45, 2.75) is 0 Å². The molecule has 14 heavy (non-hydrogen) atoms. The van der Waals surface area contributed by atoms with Gasteiger partial charge in [-0.2, -0.15) is 0 Å². The van der Waals surface area contributed by atoms with Gasteiger partial charge in [0.1, 0.15) is 5.52 Å². The molecule has 1 N–H and O–H groups in total. The maximum absolute atomic E-state index is 11.5. The van der Waals surface area contributed by atoms with Crippen molar-refractivity contribution >= 4 is 22.8 Å².